The molecule has 0 aliphatic heterocycles. The molecule has 2 heteroatoms. The number of aliphatic hydroxyl groups excluding tert-OH is 1. The number of rotatable bonds is 6. The molecule has 2 nitrogen and oxygen atoms in total. The van der Waals surface area contributed by atoms with Crippen LogP contribution in [-0.2, 0) is 0 Å². The maximum atomic E-state index is 8.91. The van der Waals surface area contributed by atoms with E-state index in [-0.39, 0.29) is 6.61 Å². The van der Waals surface area contributed by atoms with E-state index in [4.69, 9.17) is 5.11 Å². The summed E-state index contributed by atoms with van der Waals surface area (Å²) in [5.74, 6) is 0. The smallest absolute Gasteiger partial charge is 0.0558 e. The second-order valence-corrected chi connectivity index (χ2v) is 3.99. The Morgan fingerprint density at radius 2 is 2.00 bits per heavy atom. The third-order valence-electron chi connectivity index (χ3n) is 2.55. The van der Waals surface area contributed by atoms with Gasteiger partial charge in [-0.25, -0.2) is 0 Å². The average Bonchev–Trinajstić information content (AvgIpc) is 2.29. The molecule has 0 spiro atoms. The number of benzene rings is 1. The summed E-state index contributed by atoms with van der Waals surface area (Å²) in [5, 5.41) is 8.91. The summed E-state index contributed by atoms with van der Waals surface area (Å²) in [4.78, 5) is 2.23. The molecular formula is C14H21NO. The van der Waals surface area contributed by atoms with Crippen LogP contribution in [0.2, 0.25) is 0 Å². The van der Waals surface area contributed by atoms with Crippen molar-refractivity contribution in [2.24, 2.45) is 0 Å². The Hall–Kier alpha value is -1.12. The van der Waals surface area contributed by atoms with E-state index in [2.05, 4.69) is 37.0 Å². The van der Waals surface area contributed by atoms with Gasteiger partial charge in [0.1, 0.15) is 0 Å². The van der Waals surface area contributed by atoms with E-state index in [1.165, 1.54) is 11.1 Å². The van der Waals surface area contributed by atoms with Crippen LogP contribution in [-0.4, -0.2) is 36.2 Å². The van der Waals surface area contributed by atoms with Crippen molar-refractivity contribution in [3.63, 3.8) is 0 Å². The lowest BCUT2D eigenvalue weighted by Crippen LogP contribution is -2.28. The minimum atomic E-state index is 0.229. The first-order valence-electron chi connectivity index (χ1n) is 5.81. The van der Waals surface area contributed by atoms with Crippen LogP contribution in [0.25, 0.3) is 6.08 Å². The third-order valence-corrected chi connectivity index (χ3v) is 2.55. The van der Waals surface area contributed by atoms with Crippen LogP contribution in [0.5, 0.6) is 0 Å². The summed E-state index contributed by atoms with van der Waals surface area (Å²) >= 11 is 0. The molecule has 0 aliphatic carbocycles. The van der Waals surface area contributed by atoms with E-state index in [0.717, 1.165) is 19.6 Å². The van der Waals surface area contributed by atoms with Gasteiger partial charge in [0.2, 0.25) is 0 Å². The van der Waals surface area contributed by atoms with Crippen LogP contribution >= 0.6 is 0 Å². The predicted molar refractivity (Wildman–Crippen MR) is 69.3 cm³/mol. The Morgan fingerprint density at radius 1 is 1.31 bits per heavy atom. The third kappa shape index (κ3) is 4.60. The lowest BCUT2D eigenvalue weighted by atomic mass is 10.1. The fourth-order valence-corrected chi connectivity index (χ4v) is 1.72. The summed E-state index contributed by atoms with van der Waals surface area (Å²) in [6.07, 6.45) is 2.19. The molecule has 0 aliphatic rings. The van der Waals surface area contributed by atoms with Gasteiger partial charge in [0, 0.05) is 13.1 Å². The molecule has 0 bridgehead atoms. The summed E-state index contributed by atoms with van der Waals surface area (Å²) in [6.45, 7) is 7.12. The van der Waals surface area contributed by atoms with Crippen molar-refractivity contribution < 1.29 is 5.11 Å². The first-order valence-corrected chi connectivity index (χ1v) is 5.81. The van der Waals surface area contributed by atoms with Crippen LogP contribution < -0.4 is 0 Å². The molecule has 16 heavy (non-hydrogen) atoms. The van der Waals surface area contributed by atoms with Gasteiger partial charge in [-0.2, -0.15) is 0 Å². The van der Waals surface area contributed by atoms with E-state index in [1.807, 2.05) is 18.2 Å². The van der Waals surface area contributed by atoms with Gasteiger partial charge in [-0.3, -0.25) is 4.90 Å². The van der Waals surface area contributed by atoms with Crippen LogP contribution in [0.4, 0.5) is 0 Å². The lowest BCUT2D eigenvalue weighted by molar-refractivity contribution is 0.212. The Morgan fingerprint density at radius 3 is 2.56 bits per heavy atom. The molecule has 1 aromatic rings. The van der Waals surface area contributed by atoms with E-state index >= 15 is 0 Å². The second-order valence-electron chi connectivity index (χ2n) is 3.99. The van der Waals surface area contributed by atoms with Gasteiger partial charge in [-0.1, -0.05) is 48.9 Å². The van der Waals surface area contributed by atoms with Crippen molar-refractivity contribution in [1.82, 2.24) is 4.90 Å². The van der Waals surface area contributed by atoms with Crippen LogP contribution in [0.3, 0.4) is 0 Å². The standard InChI is InChI=1S/C14H21NO/c1-3-15(9-10-16)12-13(2)11-14-7-5-4-6-8-14/h4-8,11,16H,3,9-10,12H2,1-2H3. The molecular weight excluding hydrogens is 198 g/mol. The fourth-order valence-electron chi connectivity index (χ4n) is 1.72. The van der Waals surface area contributed by atoms with Crippen LogP contribution in [0, 0.1) is 0 Å². The molecule has 0 radical (unpaired) electrons. The Kier molecular flexibility index (Phi) is 5.83. The van der Waals surface area contributed by atoms with Crippen LogP contribution in [0.15, 0.2) is 35.9 Å². The molecule has 0 aromatic heterocycles. The van der Waals surface area contributed by atoms with Crippen molar-refractivity contribution in [2.75, 3.05) is 26.2 Å². The molecule has 0 fully saturated rings. The minimum Gasteiger partial charge on any atom is -0.395 e. The summed E-state index contributed by atoms with van der Waals surface area (Å²) < 4.78 is 0. The summed E-state index contributed by atoms with van der Waals surface area (Å²) in [6, 6.07) is 10.3. The first-order chi connectivity index (χ1) is 7.76. The molecule has 0 heterocycles. The number of aliphatic hydroxyl groups is 1. The van der Waals surface area contributed by atoms with Crippen molar-refractivity contribution in [3.8, 4) is 0 Å². The van der Waals surface area contributed by atoms with Gasteiger partial charge < -0.3 is 5.11 Å². The highest BCUT2D eigenvalue weighted by Gasteiger charge is 2.01. The fraction of sp³-hybridized carbons (Fsp3) is 0.429. The molecule has 1 aromatic carbocycles. The SMILES string of the molecule is CCN(CCO)CC(C)=Cc1ccccc1. The number of hydrogen-bond donors (Lipinski definition) is 1. The quantitative estimate of drug-likeness (QED) is 0.794. The van der Waals surface area contributed by atoms with Crippen molar-refractivity contribution in [2.45, 2.75) is 13.8 Å². The number of nitrogens with zero attached hydrogens (tertiary/aromatic N) is 1. The van der Waals surface area contributed by atoms with Gasteiger partial charge in [0.25, 0.3) is 0 Å². The van der Waals surface area contributed by atoms with Crippen molar-refractivity contribution >= 4 is 6.08 Å². The average molecular weight is 219 g/mol. The van der Waals surface area contributed by atoms with Gasteiger partial charge in [0.05, 0.1) is 6.61 Å². The van der Waals surface area contributed by atoms with Crippen molar-refractivity contribution in [3.05, 3.63) is 41.5 Å². The summed E-state index contributed by atoms with van der Waals surface area (Å²) in [5.41, 5.74) is 2.56. The zero-order valence-electron chi connectivity index (χ0n) is 10.2. The maximum Gasteiger partial charge on any atom is 0.0558 e. The monoisotopic (exact) mass is 219 g/mol. The van der Waals surface area contributed by atoms with E-state index in [1.54, 1.807) is 0 Å². The molecule has 1 N–H and O–H groups in total. The molecule has 0 unspecified atom stereocenters. The highest BCUT2D eigenvalue weighted by molar-refractivity contribution is 5.52. The molecule has 88 valence electrons. The Balaban J connectivity index is 2.57. The van der Waals surface area contributed by atoms with Gasteiger partial charge in [-0.15, -0.1) is 0 Å². The van der Waals surface area contributed by atoms with E-state index in [9.17, 15) is 0 Å². The highest BCUT2D eigenvalue weighted by Crippen LogP contribution is 2.07. The maximum absolute atomic E-state index is 8.91. The number of likely N-dealkylation sites (N-methyl/N-ethyl adjacent to an activating group) is 1. The molecule has 0 atom stereocenters. The molecule has 0 saturated carbocycles. The molecule has 0 saturated heterocycles. The predicted octanol–water partition coefficient (Wildman–Crippen LogP) is 2.40. The molecule has 1 rings (SSSR count). The Labute approximate surface area is 98.2 Å². The molecule has 0 amide bonds. The normalized spacial score (nSPS) is 12.1. The van der Waals surface area contributed by atoms with E-state index < -0.39 is 0 Å². The largest absolute Gasteiger partial charge is 0.395 e. The Bertz CT molecular complexity index is 319. The highest BCUT2D eigenvalue weighted by atomic mass is 16.3. The number of hydrogen-bond acceptors (Lipinski definition) is 2. The van der Waals surface area contributed by atoms with E-state index in [0.29, 0.717) is 0 Å². The zero-order valence-corrected chi connectivity index (χ0v) is 10.2. The lowest BCUT2D eigenvalue weighted by Gasteiger charge is -2.19. The zero-order chi connectivity index (χ0) is 11.8. The van der Waals surface area contributed by atoms with Gasteiger partial charge >= 0.3 is 0 Å². The first kappa shape index (κ1) is 12.9. The topological polar surface area (TPSA) is 23.5 Å². The van der Waals surface area contributed by atoms with Crippen molar-refractivity contribution in [1.29, 1.82) is 0 Å². The van der Waals surface area contributed by atoms with Gasteiger partial charge in [0.15, 0.2) is 0 Å². The minimum absolute atomic E-state index is 0.229. The van der Waals surface area contributed by atoms with Gasteiger partial charge in [-0.05, 0) is 19.0 Å². The van der Waals surface area contributed by atoms with Crippen LogP contribution in [0.1, 0.15) is 19.4 Å². The summed E-state index contributed by atoms with van der Waals surface area (Å²) in [7, 11) is 0. The second kappa shape index (κ2) is 7.20.